The van der Waals surface area contributed by atoms with Crippen molar-refractivity contribution in [1.82, 2.24) is 0 Å². The maximum atomic E-state index is 6.84. The molecule has 2 heteroatoms. The number of hydrogen-bond acceptors (Lipinski definition) is 2. The highest BCUT2D eigenvalue weighted by Crippen LogP contribution is 2.69. The van der Waals surface area contributed by atoms with Crippen molar-refractivity contribution in [3.05, 3.63) is 11.6 Å². The van der Waals surface area contributed by atoms with Gasteiger partial charge in [0.1, 0.15) is 0 Å². The van der Waals surface area contributed by atoms with Crippen LogP contribution < -0.4 is 0 Å². The number of fused-ring (bicyclic) bond motifs is 7. The number of allylic oxidation sites excluding steroid dienone is 1. The lowest BCUT2D eigenvalue weighted by Crippen LogP contribution is -2.51. The first kappa shape index (κ1) is 19.4. The summed E-state index contributed by atoms with van der Waals surface area (Å²) in [5, 5.41) is 0. The molecule has 2 nitrogen and oxygen atoms in total. The average molecular weight is 399 g/mol. The molecule has 29 heavy (non-hydrogen) atoms. The van der Waals surface area contributed by atoms with Gasteiger partial charge in [-0.3, -0.25) is 0 Å². The van der Waals surface area contributed by atoms with Crippen LogP contribution in [0, 0.1) is 46.3 Å². The summed E-state index contributed by atoms with van der Waals surface area (Å²) in [6.45, 7) is 10.9. The Morgan fingerprint density at radius 1 is 0.931 bits per heavy atom. The van der Waals surface area contributed by atoms with Crippen LogP contribution in [-0.2, 0) is 9.47 Å². The Kier molecular flexibility index (Phi) is 4.23. The van der Waals surface area contributed by atoms with Gasteiger partial charge in [-0.2, -0.15) is 0 Å². The molecule has 5 fully saturated rings. The Labute approximate surface area is 178 Å². The summed E-state index contributed by atoms with van der Waals surface area (Å²) in [5.41, 5.74) is 2.77. The van der Waals surface area contributed by atoms with Crippen LogP contribution in [0.15, 0.2) is 11.6 Å². The zero-order chi connectivity index (χ0) is 20.0. The van der Waals surface area contributed by atoms with E-state index in [0.29, 0.717) is 34.7 Å². The highest BCUT2D eigenvalue weighted by Gasteiger charge is 2.66. The first-order valence-corrected chi connectivity index (χ1v) is 12.9. The van der Waals surface area contributed by atoms with Gasteiger partial charge >= 0.3 is 0 Å². The zero-order valence-corrected chi connectivity index (χ0v) is 19.2. The molecule has 0 aromatic rings. The molecule has 0 N–H and O–H groups in total. The van der Waals surface area contributed by atoms with Crippen LogP contribution in [0.4, 0.5) is 0 Å². The van der Waals surface area contributed by atoms with E-state index in [-0.39, 0.29) is 5.79 Å². The molecule has 0 amide bonds. The summed E-state index contributed by atoms with van der Waals surface area (Å²) in [5.74, 6) is 4.28. The van der Waals surface area contributed by atoms with E-state index in [4.69, 9.17) is 9.47 Å². The van der Waals surface area contributed by atoms with Gasteiger partial charge in [0.05, 0.1) is 12.7 Å². The van der Waals surface area contributed by atoms with Crippen LogP contribution in [0.25, 0.3) is 0 Å². The van der Waals surface area contributed by atoms with E-state index >= 15 is 0 Å². The minimum absolute atomic E-state index is 0.295. The topological polar surface area (TPSA) is 18.5 Å². The zero-order valence-electron chi connectivity index (χ0n) is 19.2. The van der Waals surface area contributed by atoms with E-state index in [1.54, 1.807) is 0 Å². The van der Waals surface area contributed by atoms with Gasteiger partial charge in [-0.05, 0) is 79.4 Å². The van der Waals surface area contributed by atoms with Crippen LogP contribution in [0.5, 0.6) is 0 Å². The van der Waals surface area contributed by atoms with Crippen molar-refractivity contribution >= 4 is 0 Å². The van der Waals surface area contributed by atoms with Crippen LogP contribution in [0.3, 0.4) is 0 Å². The fourth-order valence-electron chi connectivity index (χ4n) is 9.57. The SMILES string of the molecule is CC1CC[C@@]2(OC1)O[C@H]1C=C3[C@@H]4CCC5CCCC[C@]5(C)[C@H]4CC[C@]3(C)[C@H]1[C@@H]2C. The van der Waals surface area contributed by atoms with Gasteiger partial charge < -0.3 is 9.47 Å². The standard InChI is InChI=1S/C27H42O2/c1-17-10-14-27(28-16-17)18(2)24-23(29-27)15-22-20-9-8-19-7-5-6-12-25(19,3)21(20)11-13-26(22,24)4/h15,17-21,23-24H,5-14,16H2,1-4H3/t17?,18-,19?,20+,21-,23-,24-,25-,26-,27+/m0/s1. The maximum Gasteiger partial charge on any atom is 0.172 e. The lowest BCUT2D eigenvalue weighted by Gasteiger charge is -2.59. The first-order chi connectivity index (χ1) is 13.9. The van der Waals surface area contributed by atoms with Crippen molar-refractivity contribution < 1.29 is 9.47 Å². The van der Waals surface area contributed by atoms with E-state index < -0.39 is 0 Å². The van der Waals surface area contributed by atoms with Crippen LogP contribution in [-0.4, -0.2) is 18.5 Å². The second-order valence-corrected chi connectivity index (χ2v) is 12.5. The molecule has 2 unspecified atom stereocenters. The molecule has 0 bridgehead atoms. The molecule has 6 rings (SSSR count). The minimum Gasteiger partial charge on any atom is -0.349 e. The molecule has 0 aromatic carbocycles. The Morgan fingerprint density at radius 3 is 2.59 bits per heavy atom. The van der Waals surface area contributed by atoms with Crippen molar-refractivity contribution in [2.75, 3.05) is 6.61 Å². The average Bonchev–Trinajstić information content (AvgIpc) is 3.15. The number of hydrogen-bond donors (Lipinski definition) is 0. The summed E-state index contributed by atoms with van der Waals surface area (Å²) in [4.78, 5) is 0. The number of rotatable bonds is 0. The third-order valence-corrected chi connectivity index (χ3v) is 11.2. The Balaban J connectivity index is 1.31. The molecule has 2 aliphatic heterocycles. The van der Waals surface area contributed by atoms with E-state index in [9.17, 15) is 0 Å². The Bertz CT molecular complexity index is 703. The quantitative estimate of drug-likeness (QED) is 0.420. The molecule has 10 atom stereocenters. The summed E-state index contributed by atoms with van der Waals surface area (Å²) in [6, 6.07) is 0. The molecule has 6 aliphatic rings. The molecule has 0 aromatic heterocycles. The van der Waals surface area contributed by atoms with Crippen molar-refractivity contribution in [1.29, 1.82) is 0 Å². The van der Waals surface area contributed by atoms with E-state index in [0.717, 1.165) is 30.8 Å². The Morgan fingerprint density at radius 2 is 1.79 bits per heavy atom. The molecular weight excluding hydrogens is 356 g/mol. The maximum absolute atomic E-state index is 6.84. The molecular formula is C27H42O2. The summed E-state index contributed by atoms with van der Waals surface area (Å²) in [6.07, 6.45) is 17.0. The van der Waals surface area contributed by atoms with Crippen LogP contribution >= 0.6 is 0 Å². The second-order valence-electron chi connectivity index (χ2n) is 12.5. The molecule has 4 aliphatic carbocycles. The van der Waals surface area contributed by atoms with Crippen molar-refractivity contribution in [2.24, 2.45) is 46.3 Å². The summed E-state index contributed by atoms with van der Waals surface area (Å²) in [7, 11) is 0. The van der Waals surface area contributed by atoms with Crippen molar-refractivity contribution in [2.45, 2.75) is 104 Å². The Hall–Kier alpha value is -0.340. The van der Waals surface area contributed by atoms with Gasteiger partial charge in [0.2, 0.25) is 0 Å². The smallest absolute Gasteiger partial charge is 0.172 e. The predicted octanol–water partition coefficient (Wildman–Crippen LogP) is 6.74. The van der Waals surface area contributed by atoms with Gasteiger partial charge in [-0.15, -0.1) is 0 Å². The predicted molar refractivity (Wildman–Crippen MR) is 116 cm³/mol. The monoisotopic (exact) mass is 398 g/mol. The highest BCUT2D eigenvalue weighted by molar-refractivity contribution is 5.34. The molecule has 1 spiro atoms. The summed E-state index contributed by atoms with van der Waals surface area (Å²) >= 11 is 0. The highest BCUT2D eigenvalue weighted by atomic mass is 16.7. The van der Waals surface area contributed by atoms with E-state index in [1.165, 1.54) is 57.8 Å². The van der Waals surface area contributed by atoms with Crippen molar-refractivity contribution in [3.63, 3.8) is 0 Å². The fourth-order valence-corrected chi connectivity index (χ4v) is 9.57. The third kappa shape index (κ3) is 2.48. The number of ether oxygens (including phenoxy) is 2. The first-order valence-electron chi connectivity index (χ1n) is 12.9. The van der Waals surface area contributed by atoms with Gasteiger partial charge in [0.15, 0.2) is 5.79 Å². The molecule has 0 radical (unpaired) electrons. The second kappa shape index (κ2) is 6.35. The van der Waals surface area contributed by atoms with Gasteiger partial charge in [-0.1, -0.05) is 52.2 Å². The fraction of sp³-hybridized carbons (Fsp3) is 0.926. The third-order valence-electron chi connectivity index (χ3n) is 11.2. The molecule has 3 saturated carbocycles. The van der Waals surface area contributed by atoms with Gasteiger partial charge in [0, 0.05) is 18.3 Å². The van der Waals surface area contributed by atoms with Crippen LogP contribution in [0.1, 0.15) is 91.9 Å². The van der Waals surface area contributed by atoms with E-state index in [1.807, 2.05) is 5.57 Å². The molecule has 162 valence electrons. The largest absolute Gasteiger partial charge is 0.349 e. The molecule has 2 saturated heterocycles. The van der Waals surface area contributed by atoms with Gasteiger partial charge in [-0.25, -0.2) is 0 Å². The lowest BCUT2D eigenvalue weighted by atomic mass is 9.45. The minimum atomic E-state index is -0.295. The lowest BCUT2D eigenvalue weighted by molar-refractivity contribution is -0.265. The summed E-state index contributed by atoms with van der Waals surface area (Å²) < 4.78 is 13.3. The molecule has 2 heterocycles. The van der Waals surface area contributed by atoms with Gasteiger partial charge in [0.25, 0.3) is 0 Å². The van der Waals surface area contributed by atoms with E-state index in [2.05, 4.69) is 33.8 Å². The van der Waals surface area contributed by atoms with Crippen molar-refractivity contribution in [3.8, 4) is 0 Å². The normalized spacial score (nSPS) is 58.9. The van der Waals surface area contributed by atoms with Crippen LogP contribution in [0.2, 0.25) is 0 Å².